The quantitative estimate of drug-likeness (QED) is 0.0320. The Morgan fingerprint density at radius 3 is 0.987 bits per heavy atom. The summed E-state index contributed by atoms with van der Waals surface area (Å²) in [4.78, 5) is 24.6. The van der Waals surface area contributed by atoms with Crippen molar-refractivity contribution in [1.82, 2.24) is 5.32 Å². The van der Waals surface area contributed by atoms with Gasteiger partial charge in [-0.25, -0.2) is 0 Å². The van der Waals surface area contributed by atoms with E-state index < -0.39 is 12.1 Å². The molecule has 468 valence electrons. The van der Waals surface area contributed by atoms with Gasteiger partial charge in [-0.15, -0.1) is 0 Å². The van der Waals surface area contributed by atoms with E-state index in [1.807, 2.05) is 0 Å². The zero-order chi connectivity index (χ0) is 57.1. The van der Waals surface area contributed by atoms with Crippen LogP contribution in [0.3, 0.4) is 0 Å². The van der Waals surface area contributed by atoms with Crippen LogP contribution in [0.15, 0.2) is 24.3 Å². The highest BCUT2D eigenvalue weighted by atomic mass is 16.5. The molecule has 0 fully saturated rings. The Labute approximate surface area is 494 Å². The fourth-order valence-electron chi connectivity index (χ4n) is 11.5. The number of aliphatic hydroxyl groups excluding tert-OH is 2. The predicted molar refractivity (Wildman–Crippen MR) is 347 cm³/mol. The van der Waals surface area contributed by atoms with Crippen LogP contribution in [0.5, 0.6) is 0 Å². The van der Waals surface area contributed by atoms with E-state index in [0.717, 1.165) is 51.4 Å². The first-order valence-electron chi connectivity index (χ1n) is 36.1. The summed E-state index contributed by atoms with van der Waals surface area (Å²) in [5, 5.41) is 23.4. The molecule has 0 radical (unpaired) electrons. The molecule has 0 heterocycles. The summed E-state index contributed by atoms with van der Waals surface area (Å²) in [7, 11) is 0. The maximum Gasteiger partial charge on any atom is 0.305 e. The predicted octanol–water partition coefficient (Wildman–Crippen LogP) is 23.3. The Balaban J connectivity index is 3.35. The third-order valence-corrected chi connectivity index (χ3v) is 17.0. The monoisotopic (exact) mass is 1110 g/mol. The van der Waals surface area contributed by atoms with Crippen LogP contribution in [-0.4, -0.2) is 47.4 Å². The van der Waals surface area contributed by atoms with E-state index in [1.165, 1.54) is 321 Å². The van der Waals surface area contributed by atoms with Gasteiger partial charge in [0.05, 0.1) is 25.4 Å². The van der Waals surface area contributed by atoms with Gasteiger partial charge in [-0.1, -0.05) is 359 Å². The highest BCUT2D eigenvalue weighted by Crippen LogP contribution is 2.19. The molecule has 0 aromatic carbocycles. The second-order valence-corrected chi connectivity index (χ2v) is 24.9. The third kappa shape index (κ3) is 65.4. The Morgan fingerprint density at radius 1 is 0.354 bits per heavy atom. The first kappa shape index (κ1) is 77.3. The molecular formula is C73H141NO5. The zero-order valence-electron chi connectivity index (χ0n) is 53.6. The highest BCUT2D eigenvalue weighted by Gasteiger charge is 2.20. The minimum absolute atomic E-state index is 0.00486. The number of allylic oxidation sites excluding steroid dienone is 4. The van der Waals surface area contributed by atoms with Crippen molar-refractivity contribution in [2.75, 3.05) is 13.2 Å². The van der Waals surface area contributed by atoms with Gasteiger partial charge in [0.15, 0.2) is 0 Å². The lowest BCUT2D eigenvalue weighted by Gasteiger charge is -2.22. The van der Waals surface area contributed by atoms with Crippen molar-refractivity contribution < 1.29 is 24.5 Å². The largest absolute Gasteiger partial charge is 0.466 e. The van der Waals surface area contributed by atoms with E-state index in [-0.39, 0.29) is 18.5 Å². The molecule has 6 heteroatoms. The average molecular weight is 1110 g/mol. The van der Waals surface area contributed by atoms with Crippen molar-refractivity contribution in [3.05, 3.63) is 24.3 Å². The molecule has 2 atom stereocenters. The zero-order valence-corrected chi connectivity index (χ0v) is 53.6. The van der Waals surface area contributed by atoms with Crippen molar-refractivity contribution in [3.63, 3.8) is 0 Å². The molecule has 2 unspecified atom stereocenters. The van der Waals surface area contributed by atoms with Crippen LogP contribution >= 0.6 is 0 Å². The Kier molecular flexibility index (Phi) is 67.4. The van der Waals surface area contributed by atoms with Crippen molar-refractivity contribution in [3.8, 4) is 0 Å². The molecule has 0 rings (SSSR count). The highest BCUT2D eigenvalue weighted by molar-refractivity contribution is 5.76. The molecule has 0 spiro atoms. The van der Waals surface area contributed by atoms with Crippen LogP contribution < -0.4 is 5.32 Å². The minimum atomic E-state index is -0.663. The van der Waals surface area contributed by atoms with Gasteiger partial charge in [-0.3, -0.25) is 9.59 Å². The van der Waals surface area contributed by atoms with Crippen molar-refractivity contribution in [2.45, 2.75) is 418 Å². The molecule has 0 aliphatic carbocycles. The van der Waals surface area contributed by atoms with Crippen LogP contribution in [0.25, 0.3) is 0 Å². The number of unbranched alkanes of at least 4 members (excludes halogenated alkanes) is 53. The van der Waals surface area contributed by atoms with Crippen molar-refractivity contribution >= 4 is 11.9 Å². The number of ether oxygens (including phenoxy) is 1. The summed E-state index contributed by atoms with van der Waals surface area (Å²) in [6.07, 6.45) is 86.6. The van der Waals surface area contributed by atoms with Gasteiger partial charge >= 0.3 is 5.97 Å². The van der Waals surface area contributed by atoms with Crippen LogP contribution in [0.2, 0.25) is 0 Å². The van der Waals surface area contributed by atoms with Crippen molar-refractivity contribution in [1.29, 1.82) is 0 Å². The molecular weight excluding hydrogens is 971 g/mol. The Morgan fingerprint density at radius 2 is 0.633 bits per heavy atom. The summed E-state index contributed by atoms with van der Waals surface area (Å²) in [6.45, 7) is 4.96. The van der Waals surface area contributed by atoms with Gasteiger partial charge in [-0.05, 0) is 57.8 Å². The molecule has 79 heavy (non-hydrogen) atoms. The molecule has 0 aromatic heterocycles. The van der Waals surface area contributed by atoms with Gasteiger partial charge < -0.3 is 20.3 Å². The number of amides is 1. The van der Waals surface area contributed by atoms with Gasteiger partial charge in [0.1, 0.15) is 0 Å². The van der Waals surface area contributed by atoms with Gasteiger partial charge in [0.2, 0.25) is 5.91 Å². The van der Waals surface area contributed by atoms with E-state index in [9.17, 15) is 19.8 Å². The SMILES string of the molecule is CCCCC/C=C\C/C=C\CCCCCCCC(=O)OCCCCCCCCCCCCCCCCCCCCCCCCCCCCCC(=O)NC(CO)C(O)CCCCCCCCCCCCCCCCCCCCCC. The van der Waals surface area contributed by atoms with Gasteiger partial charge in [-0.2, -0.15) is 0 Å². The summed E-state index contributed by atoms with van der Waals surface area (Å²) in [6, 6.07) is -0.540. The van der Waals surface area contributed by atoms with Crippen LogP contribution in [-0.2, 0) is 14.3 Å². The lowest BCUT2D eigenvalue weighted by molar-refractivity contribution is -0.143. The third-order valence-electron chi connectivity index (χ3n) is 17.0. The number of hydrogen-bond acceptors (Lipinski definition) is 5. The second-order valence-electron chi connectivity index (χ2n) is 24.9. The fourth-order valence-corrected chi connectivity index (χ4v) is 11.5. The average Bonchev–Trinajstić information content (AvgIpc) is 3.45. The van der Waals surface area contributed by atoms with E-state index in [0.29, 0.717) is 25.9 Å². The van der Waals surface area contributed by atoms with E-state index in [1.54, 1.807) is 0 Å². The Hall–Kier alpha value is -1.66. The number of rotatable bonds is 68. The lowest BCUT2D eigenvalue weighted by atomic mass is 10.0. The molecule has 1 amide bonds. The second kappa shape index (κ2) is 68.8. The van der Waals surface area contributed by atoms with Crippen LogP contribution in [0.4, 0.5) is 0 Å². The Bertz CT molecular complexity index is 1230. The number of carbonyl (C=O) groups excluding carboxylic acids is 2. The number of carbonyl (C=O) groups is 2. The molecule has 0 aliphatic rings. The number of hydrogen-bond donors (Lipinski definition) is 3. The first-order valence-corrected chi connectivity index (χ1v) is 36.1. The fraction of sp³-hybridized carbons (Fsp3) is 0.918. The van der Waals surface area contributed by atoms with Gasteiger partial charge in [0.25, 0.3) is 0 Å². The molecule has 6 nitrogen and oxygen atoms in total. The molecule has 0 bridgehead atoms. The maximum absolute atomic E-state index is 12.5. The van der Waals surface area contributed by atoms with Crippen molar-refractivity contribution in [2.24, 2.45) is 0 Å². The van der Waals surface area contributed by atoms with E-state index in [4.69, 9.17) is 4.74 Å². The van der Waals surface area contributed by atoms with E-state index >= 15 is 0 Å². The molecule has 0 aromatic rings. The lowest BCUT2D eigenvalue weighted by Crippen LogP contribution is -2.45. The molecule has 0 aliphatic heterocycles. The number of esters is 1. The normalized spacial score (nSPS) is 12.6. The molecule has 0 saturated heterocycles. The summed E-state index contributed by atoms with van der Waals surface area (Å²) in [5.41, 5.74) is 0. The molecule has 0 saturated carbocycles. The summed E-state index contributed by atoms with van der Waals surface area (Å²) in [5.74, 6) is -0.0230. The van der Waals surface area contributed by atoms with E-state index in [2.05, 4.69) is 43.5 Å². The number of aliphatic hydroxyl groups is 2. The van der Waals surface area contributed by atoms with Crippen LogP contribution in [0, 0.1) is 0 Å². The smallest absolute Gasteiger partial charge is 0.305 e. The van der Waals surface area contributed by atoms with Gasteiger partial charge in [0, 0.05) is 12.8 Å². The topological polar surface area (TPSA) is 95.9 Å². The summed E-state index contributed by atoms with van der Waals surface area (Å²) >= 11 is 0. The molecule has 3 N–H and O–H groups in total. The minimum Gasteiger partial charge on any atom is -0.466 e. The number of nitrogens with one attached hydrogen (secondary N) is 1. The standard InChI is InChI=1S/C73H141NO5/c1-3-5-7-9-11-13-15-17-19-20-21-31-34-38-41-45-49-53-57-61-65-71(76)70(69-75)74-72(77)66-62-58-54-50-46-42-39-35-32-29-27-25-23-22-24-26-28-30-33-36-40-44-48-52-56-60-64-68-79-73(78)67-63-59-55-51-47-43-37-18-16-14-12-10-8-6-4-2/h12,14,18,37,70-71,75-76H,3-11,13,15-17,19-36,38-69H2,1-2H3,(H,74,77)/b14-12-,37-18-. The first-order chi connectivity index (χ1) is 39.0. The van der Waals surface area contributed by atoms with Crippen LogP contribution in [0.1, 0.15) is 406 Å². The maximum atomic E-state index is 12.5. The summed E-state index contributed by atoms with van der Waals surface area (Å²) < 4.78 is 5.49.